The molecule has 0 amide bonds. The third kappa shape index (κ3) is 47.8. The fraction of sp³-hybridized carbons (Fsp3) is 0.704. The van der Waals surface area contributed by atoms with E-state index in [2.05, 4.69) is 0 Å². The smallest absolute Gasteiger partial charge is 0.309 e. The van der Waals surface area contributed by atoms with Crippen molar-refractivity contribution in [1.82, 2.24) is 0 Å². The number of carbonyl (C=O) groups is 8. The SMILES string of the molecule is C.CC(=O)C(C)(C)CC(=O)O.CC(=O)CC(C)(C)C(=O)O.CC(=O)CCC(=O)O.CC(=O)CCN.CC(=O)CN. The van der Waals surface area contributed by atoms with Gasteiger partial charge in [0.25, 0.3) is 0 Å². The van der Waals surface area contributed by atoms with Gasteiger partial charge >= 0.3 is 17.9 Å². The third-order valence-corrected chi connectivity index (χ3v) is 4.29. The average molecular weight is 581 g/mol. The predicted molar refractivity (Wildman–Crippen MR) is 152 cm³/mol. The van der Waals surface area contributed by atoms with Gasteiger partial charge in [0.15, 0.2) is 0 Å². The van der Waals surface area contributed by atoms with Gasteiger partial charge in [-0.15, -0.1) is 0 Å². The van der Waals surface area contributed by atoms with E-state index in [4.69, 9.17) is 26.8 Å². The lowest BCUT2D eigenvalue weighted by molar-refractivity contribution is -0.149. The lowest BCUT2D eigenvalue weighted by atomic mass is 9.85. The highest BCUT2D eigenvalue weighted by atomic mass is 16.4. The van der Waals surface area contributed by atoms with Crippen LogP contribution in [0.2, 0.25) is 0 Å². The second kappa shape index (κ2) is 27.3. The summed E-state index contributed by atoms with van der Waals surface area (Å²) in [5, 5.41) is 24.9. The topological polar surface area (TPSA) is 249 Å². The summed E-state index contributed by atoms with van der Waals surface area (Å²) in [4.78, 5) is 81.3. The third-order valence-electron chi connectivity index (χ3n) is 4.29. The van der Waals surface area contributed by atoms with E-state index in [0.717, 1.165) is 0 Å². The van der Waals surface area contributed by atoms with E-state index < -0.39 is 28.7 Å². The van der Waals surface area contributed by atoms with E-state index in [0.29, 0.717) is 13.0 Å². The molecule has 0 heterocycles. The summed E-state index contributed by atoms with van der Waals surface area (Å²) in [7, 11) is 0. The first kappa shape index (κ1) is 49.6. The molecule has 0 aromatic rings. The number of rotatable bonds is 12. The van der Waals surface area contributed by atoms with Crippen molar-refractivity contribution in [2.24, 2.45) is 22.3 Å². The van der Waals surface area contributed by atoms with Gasteiger partial charge < -0.3 is 31.6 Å². The molecule has 0 aromatic carbocycles. The first-order chi connectivity index (χ1) is 17.4. The summed E-state index contributed by atoms with van der Waals surface area (Å²) < 4.78 is 0. The number of carboxylic acid groups (broad SMARTS) is 3. The van der Waals surface area contributed by atoms with Crippen molar-refractivity contribution < 1.29 is 53.7 Å². The quantitative estimate of drug-likeness (QED) is 0.223. The summed E-state index contributed by atoms with van der Waals surface area (Å²) in [5.41, 5.74) is 8.20. The number of hydrogen-bond acceptors (Lipinski definition) is 10. The van der Waals surface area contributed by atoms with Gasteiger partial charge in [-0.1, -0.05) is 21.3 Å². The molecule has 0 fully saturated rings. The van der Waals surface area contributed by atoms with Gasteiger partial charge in [-0.05, 0) is 55.0 Å². The fourth-order valence-corrected chi connectivity index (χ4v) is 1.69. The molecular formula is C27H52N2O11. The molecule has 0 aliphatic carbocycles. The highest BCUT2D eigenvalue weighted by molar-refractivity contribution is 5.86. The molecule has 236 valence electrons. The van der Waals surface area contributed by atoms with Crippen LogP contribution in [0.15, 0.2) is 0 Å². The van der Waals surface area contributed by atoms with Gasteiger partial charge in [0.1, 0.15) is 28.9 Å². The number of aliphatic carboxylic acids is 3. The van der Waals surface area contributed by atoms with Crippen LogP contribution in [0.5, 0.6) is 0 Å². The zero-order valence-electron chi connectivity index (χ0n) is 24.7. The van der Waals surface area contributed by atoms with Gasteiger partial charge in [0, 0.05) is 24.7 Å². The molecule has 13 heteroatoms. The summed E-state index contributed by atoms with van der Waals surface area (Å²) in [6.07, 6.45) is 0.620. The zero-order valence-corrected chi connectivity index (χ0v) is 24.7. The highest BCUT2D eigenvalue weighted by Crippen LogP contribution is 2.21. The monoisotopic (exact) mass is 580 g/mol. The molecule has 0 bridgehead atoms. The fourth-order valence-electron chi connectivity index (χ4n) is 1.69. The summed E-state index contributed by atoms with van der Waals surface area (Å²) in [5.74, 6) is -2.83. The molecule has 0 atom stereocenters. The van der Waals surface area contributed by atoms with Crippen molar-refractivity contribution in [1.29, 1.82) is 0 Å². The predicted octanol–water partition coefficient (Wildman–Crippen LogP) is 2.69. The van der Waals surface area contributed by atoms with Gasteiger partial charge in [-0.3, -0.25) is 33.6 Å². The normalized spacial score (nSPS) is 9.47. The molecule has 0 spiro atoms. The van der Waals surface area contributed by atoms with Crippen LogP contribution in [-0.4, -0.2) is 75.2 Å². The van der Waals surface area contributed by atoms with Crippen molar-refractivity contribution in [3.63, 3.8) is 0 Å². The first-order valence-electron chi connectivity index (χ1n) is 11.9. The molecule has 0 radical (unpaired) electrons. The van der Waals surface area contributed by atoms with Crippen molar-refractivity contribution >= 4 is 46.8 Å². The van der Waals surface area contributed by atoms with Crippen LogP contribution in [0.4, 0.5) is 0 Å². The van der Waals surface area contributed by atoms with E-state index in [9.17, 15) is 38.4 Å². The van der Waals surface area contributed by atoms with Gasteiger partial charge in [-0.25, -0.2) is 0 Å². The van der Waals surface area contributed by atoms with Crippen molar-refractivity contribution in [3.8, 4) is 0 Å². The van der Waals surface area contributed by atoms with Crippen LogP contribution < -0.4 is 11.5 Å². The Bertz CT molecular complexity index is 765. The Morgan fingerprint density at radius 3 is 1.00 bits per heavy atom. The van der Waals surface area contributed by atoms with Gasteiger partial charge in [0.05, 0.1) is 24.8 Å². The Kier molecular flexibility index (Phi) is 33.8. The lowest BCUT2D eigenvalue weighted by Gasteiger charge is -2.17. The molecule has 7 N–H and O–H groups in total. The number of hydrogen-bond donors (Lipinski definition) is 5. The number of carboxylic acids is 3. The molecule has 40 heavy (non-hydrogen) atoms. The number of nitrogens with two attached hydrogens (primary N) is 2. The Balaban J connectivity index is -0.0000000918. The number of ketones is 5. The molecule has 0 saturated carbocycles. The van der Waals surface area contributed by atoms with Crippen LogP contribution >= 0.6 is 0 Å². The van der Waals surface area contributed by atoms with Crippen LogP contribution in [0.1, 0.15) is 102 Å². The maximum atomic E-state index is 10.7. The minimum atomic E-state index is -0.930. The molecule has 0 aliphatic heterocycles. The summed E-state index contributed by atoms with van der Waals surface area (Å²) >= 11 is 0. The van der Waals surface area contributed by atoms with Crippen molar-refractivity contribution in [2.45, 2.75) is 102 Å². The Morgan fingerprint density at radius 1 is 0.550 bits per heavy atom. The molecular weight excluding hydrogens is 528 g/mol. The Hall–Kier alpha value is -3.32. The summed E-state index contributed by atoms with van der Waals surface area (Å²) in [6, 6.07) is 0. The molecule has 0 saturated heterocycles. The highest BCUT2D eigenvalue weighted by Gasteiger charge is 2.28. The van der Waals surface area contributed by atoms with E-state index in [1.54, 1.807) is 13.8 Å². The maximum absolute atomic E-state index is 10.7. The molecule has 0 aromatic heterocycles. The Labute approximate surface area is 238 Å². The van der Waals surface area contributed by atoms with Crippen LogP contribution in [0.3, 0.4) is 0 Å². The lowest BCUT2D eigenvalue weighted by Crippen LogP contribution is -2.25. The van der Waals surface area contributed by atoms with E-state index >= 15 is 0 Å². The molecule has 13 nitrogen and oxygen atoms in total. The molecule has 0 unspecified atom stereocenters. The molecule has 0 rings (SSSR count). The van der Waals surface area contributed by atoms with Gasteiger partial charge in [-0.2, -0.15) is 0 Å². The van der Waals surface area contributed by atoms with E-state index in [1.165, 1.54) is 48.5 Å². The maximum Gasteiger partial charge on any atom is 0.309 e. The van der Waals surface area contributed by atoms with Crippen LogP contribution in [0.25, 0.3) is 0 Å². The summed E-state index contributed by atoms with van der Waals surface area (Å²) in [6.45, 7) is 14.2. The van der Waals surface area contributed by atoms with Crippen molar-refractivity contribution in [2.75, 3.05) is 13.1 Å². The van der Waals surface area contributed by atoms with Crippen molar-refractivity contribution in [3.05, 3.63) is 0 Å². The minimum absolute atomic E-state index is 0. The largest absolute Gasteiger partial charge is 0.481 e. The standard InChI is InChI=1S/2C7H12O3.C5H8O3.C4H9NO.C3H7NO.CH4/c1-5(8)7(2,3)4-6(9)10;1-5(8)4-7(2,3)6(9)10;1-4(6)2-3-5(7)8;1-4(6)2-3-5;1-3(5)2-4;/h2*4H2,1-3H3,(H,9,10);2-3H2,1H3,(H,7,8);2-3,5H2,1H3;2,4H2,1H3;1H4. The second-order valence-corrected chi connectivity index (χ2v) is 9.82. The zero-order chi connectivity index (χ0) is 32.6. The van der Waals surface area contributed by atoms with E-state index in [1.807, 2.05) is 0 Å². The average Bonchev–Trinajstić information content (AvgIpc) is 2.72. The minimum Gasteiger partial charge on any atom is -0.481 e. The van der Waals surface area contributed by atoms with Crippen LogP contribution in [0, 0.1) is 10.8 Å². The Morgan fingerprint density at radius 2 is 0.925 bits per heavy atom. The number of carbonyl (C=O) groups excluding carboxylic acids is 5. The van der Waals surface area contributed by atoms with E-state index in [-0.39, 0.29) is 68.6 Å². The van der Waals surface area contributed by atoms with Gasteiger partial charge in [0.2, 0.25) is 0 Å². The number of Topliss-reactive ketones (excluding diaryl/α,β-unsaturated/α-hetero) is 5. The first-order valence-corrected chi connectivity index (χ1v) is 11.9. The van der Waals surface area contributed by atoms with Crippen LogP contribution in [-0.2, 0) is 38.4 Å². The molecule has 0 aliphatic rings. The second-order valence-electron chi connectivity index (χ2n) is 9.82.